The molecule has 0 aliphatic carbocycles. The van der Waals surface area contributed by atoms with Crippen molar-refractivity contribution >= 4 is 38.6 Å². The summed E-state index contributed by atoms with van der Waals surface area (Å²) in [6, 6.07) is 11.1. The second-order valence-electron chi connectivity index (χ2n) is 6.20. The van der Waals surface area contributed by atoms with Gasteiger partial charge in [0.1, 0.15) is 22.7 Å². The maximum absolute atomic E-state index is 12.7. The Labute approximate surface area is 171 Å². The molecule has 6 nitrogen and oxygen atoms in total. The van der Waals surface area contributed by atoms with E-state index in [4.69, 9.17) is 13.9 Å². The molecule has 7 heteroatoms. The van der Waals surface area contributed by atoms with E-state index in [1.165, 1.54) is 0 Å². The van der Waals surface area contributed by atoms with Gasteiger partial charge in [-0.15, -0.1) is 0 Å². The lowest BCUT2D eigenvalue weighted by Crippen LogP contribution is -2.21. The van der Waals surface area contributed by atoms with E-state index in [2.05, 4.69) is 15.9 Å². The molecule has 1 heterocycles. The molecule has 28 heavy (non-hydrogen) atoms. The molecule has 0 fully saturated rings. The minimum Gasteiger partial charge on any atom is -0.495 e. The maximum atomic E-state index is 12.7. The van der Waals surface area contributed by atoms with Crippen molar-refractivity contribution in [1.29, 1.82) is 0 Å². The van der Waals surface area contributed by atoms with Gasteiger partial charge in [0.05, 0.1) is 26.0 Å². The summed E-state index contributed by atoms with van der Waals surface area (Å²) in [5, 5.41) is 9.87. The van der Waals surface area contributed by atoms with Crippen LogP contribution in [0.4, 0.5) is 5.69 Å². The van der Waals surface area contributed by atoms with Gasteiger partial charge in [-0.2, -0.15) is 0 Å². The van der Waals surface area contributed by atoms with Gasteiger partial charge in [0.2, 0.25) is 0 Å². The normalized spacial score (nSPS) is 10.9. The van der Waals surface area contributed by atoms with Crippen LogP contribution in [0.5, 0.6) is 5.75 Å². The Morgan fingerprint density at radius 1 is 1.25 bits per heavy atom. The Kier molecular flexibility index (Phi) is 6.26. The first kappa shape index (κ1) is 20.2. The van der Waals surface area contributed by atoms with Crippen molar-refractivity contribution in [3.05, 3.63) is 46.4 Å². The Balaban J connectivity index is 2.25. The second kappa shape index (κ2) is 8.67. The number of hydrogen-bond acceptors (Lipinski definition) is 6. The summed E-state index contributed by atoms with van der Waals surface area (Å²) in [6.45, 7) is 2.47. The molecule has 0 saturated heterocycles. The van der Waals surface area contributed by atoms with Crippen molar-refractivity contribution in [3.8, 4) is 17.1 Å². The number of hydrogen-bond donors (Lipinski definition) is 1. The fourth-order valence-electron chi connectivity index (χ4n) is 3.06. The minimum absolute atomic E-state index is 0.00800. The topological polar surface area (TPSA) is 72.1 Å². The van der Waals surface area contributed by atoms with Gasteiger partial charge >= 0.3 is 5.97 Å². The van der Waals surface area contributed by atoms with Gasteiger partial charge in [-0.05, 0) is 25.1 Å². The summed E-state index contributed by atoms with van der Waals surface area (Å²) in [5.41, 5.74) is 2.44. The Bertz CT molecular complexity index is 981. The molecule has 0 saturated carbocycles. The summed E-state index contributed by atoms with van der Waals surface area (Å²) < 4.78 is 17.8. The number of aliphatic hydroxyl groups excluding tert-OH is 1. The number of nitrogens with zero attached hydrogens (tertiary/aromatic N) is 1. The van der Waals surface area contributed by atoms with Crippen LogP contribution in [0, 0.1) is 0 Å². The van der Waals surface area contributed by atoms with Gasteiger partial charge in [0.25, 0.3) is 0 Å². The molecule has 3 aromatic rings. The van der Waals surface area contributed by atoms with Gasteiger partial charge in [-0.1, -0.05) is 28.1 Å². The van der Waals surface area contributed by atoms with E-state index in [-0.39, 0.29) is 13.2 Å². The lowest BCUT2D eigenvalue weighted by molar-refractivity contribution is 0.0528. The first-order valence-corrected chi connectivity index (χ1v) is 9.69. The van der Waals surface area contributed by atoms with Crippen LogP contribution in [0.3, 0.4) is 0 Å². The van der Waals surface area contributed by atoms with Crippen LogP contribution in [0.15, 0.2) is 45.3 Å². The number of likely N-dealkylation sites (N-methyl/N-ethyl adjacent to an activating group) is 1. The van der Waals surface area contributed by atoms with Crippen LogP contribution in [0.25, 0.3) is 22.3 Å². The number of rotatable bonds is 7. The van der Waals surface area contributed by atoms with Crippen LogP contribution < -0.4 is 9.64 Å². The van der Waals surface area contributed by atoms with Crippen LogP contribution in [0.1, 0.15) is 17.3 Å². The number of ether oxygens (including phenoxy) is 2. The maximum Gasteiger partial charge on any atom is 0.342 e. The third kappa shape index (κ3) is 3.86. The Morgan fingerprint density at radius 3 is 2.57 bits per heavy atom. The smallest absolute Gasteiger partial charge is 0.342 e. The number of furan rings is 1. The average molecular weight is 448 g/mol. The van der Waals surface area contributed by atoms with Crippen molar-refractivity contribution < 1.29 is 23.8 Å². The summed E-state index contributed by atoms with van der Waals surface area (Å²) in [6.07, 6.45) is 0. The third-order valence-electron chi connectivity index (χ3n) is 4.42. The van der Waals surface area contributed by atoms with Gasteiger partial charge in [0, 0.05) is 35.1 Å². The molecule has 0 radical (unpaired) electrons. The number of halogens is 1. The van der Waals surface area contributed by atoms with E-state index >= 15 is 0 Å². The molecule has 0 atom stereocenters. The van der Waals surface area contributed by atoms with Gasteiger partial charge < -0.3 is 23.9 Å². The van der Waals surface area contributed by atoms with E-state index in [0.29, 0.717) is 34.6 Å². The molecule has 0 spiro atoms. The van der Waals surface area contributed by atoms with E-state index in [1.807, 2.05) is 42.3 Å². The second-order valence-corrected chi connectivity index (χ2v) is 7.11. The number of esters is 1. The van der Waals surface area contributed by atoms with Crippen LogP contribution >= 0.6 is 15.9 Å². The van der Waals surface area contributed by atoms with E-state index in [1.54, 1.807) is 20.1 Å². The number of anilines is 1. The molecule has 0 aliphatic rings. The van der Waals surface area contributed by atoms with Crippen molar-refractivity contribution in [2.75, 3.05) is 38.8 Å². The predicted octanol–water partition coefficient (Wildman–Crippen LogP) is 4.48. The molecule has 1 aromatic heterocycles. The first-order valence-electron chi connectivity index (χ1n) is 8.89. The highest BCUT2D eigenvalue weighted by atomic mass is 79.9. The van der Waals surface area contributed by atoms with Crippen LogP contribution in [0.2, 0.25) is 0 Å². The van der Waals surface area contributed by atoms with Crippen molar-refractivity contribution in [2.24, 2.45) is 0 Å². The predicted molar refractivity (Wildman–Crippen MR) is 112 cm³/mol. The van der Waals surface area contributed by atoms with Crippen molar-refractivity contribution in [3.63, 3.8) is 0 Å². The summed E-state index contributed by atoms with van der Waals surface area (Å²) in [7, 11) is 3.42. The van der Waals surface area contributed by atoms with Crippen LogP contribution in [-0.4, -0.2) is 45.0 Å². The highest BCUT2D eigenvalue weighted by Crippen LogP contribution is 2.40. The fraction of sp³-hybridized carbons (Fsp3) is 0.286. The molecule has 0 amide bonds. The highest BCUT2D eigenvalue weighted by Gasteiger charge is 2.25. The monoisotopic (exact) mass is 447 g/mol. The molecule has 1 N–H and O–H groups in total. The fourth-order valence-corrected chi connectivity index (χ4v) is 3.32. The first-order chi connectivity index (χ1) is 13.5. The quantitative estimate of drug-likeness (QED) is 0.538. The molecule has 0 unspecified atom stereocenters. The van der Waals surface area contributed by atoms with Crippen molar-refractivity contribution in [2.45, 2.75) is 6.92 Å². The molecule has 2 aromatic carbocycles. The van der Waals surface area contributed by atoms with Gasteiger partial charge in [0.15, 0.2) is 0 Å². The van der Waals surface area contributed by atoms with Crippen molar-refractivity contribution in [1.82, 2.24) is 0 Å². The largest absolute Gasteiger partial charge is 0.495 e. The number of carbonyl (C=O) groups excluding carboxylic acids is 1. The summed E-state index contributed by atoms with van der Waals surface area (Å²) in [4.78, 5) is 14.6. The number of methoxy groups -OCH3 is 1. The summed E-state index contributed by atoms with van der Waals surface area (Å²) >= 11 is 3.42. The zero-order chi connectivity index (χ0) is 20.3. The van der Waals surface area contributed by atoms with E-state index in [9.17, 15) is 9.90 Å². The van der Waals surface area contributed by atoms with E-state index < -0.39 is 5.97 Å². The molecule has 0 bridgehead atoms. The number of benzene rings is 2. The van der Waals surface area contributed by atoms with Gasteiger partial charge in [-0.25, -0.2) is 4.79 Å². The van der Waals surface area contributed by atoms with Crippen LogP contribution in [-0.2, 0) is 4.74 Å². The molecule has 3 rings (SSSR count). The van der Waals surface area contributed by atoms with Gasteiger partial charge in [-0.3, -0.25) is 0 Å². The zero-order valence-electron chi connectivity index (χ0n) is 16.0. The molecule has 0 aliphatic heterocycles. The standard InChI is InChI=1S/C21H22BrNO5/c1-4-27-21(25)19-15-11-18(26-3)16(23(2)9-10-24)12-17(15)28-20(19)13-5-7-14(22)8-6-13/h5-8,11-12,24H,4,9-10H2,1-3H3. The number of aliphatic hydroxyl groups is 1. The zero-order valence-corrected chi connectivity index (χ0v) is 17.6. The number of fused-ring (bicyclic) bond motifs is 1. The average Bonchev–Trinajstić information content (AvgIpc) is 3.06. The lowest BCUT2D eigenvalue weighted by atomic mass is 10.0. The Morgan fingerprint density at radius 2 is 1.96 bits per heavy atom. The number of carbonyl (C=O) groups is 1. The highest BCUT2D eigenvalue weighted by molar-refractivity contribution is 9.10. The minimum atomic E-state index is -0.447. The Hall–Kier alpha value is -2.51. The SMILES string of the molecule is CCOC(=O)c1c(-c2ccc(Br)cc2)oc2cc(N(C)CCO)c(OC)cc12. The molecular weight excluding hydrogens is 426 g/mol. The third-order valence-corrected chi connectivity index (χ3v) is 4.95. The van der Waals surface area contributed by atoms with E-state index in [0.717, 1.165) is 15.7 Å². The summed E-state index contributed by atoms with van der Waals surface area (Å²) in [5.74, 6) is 0.583. The lowest BCUT2D eigenvalue weighted by Gasteiger charge is -2.20. The molecule has 148 valence electrons. The molecular formula is C21H22BrNO5.